The molecule has 2 heterocycles. The summed E-state index contributed by atoms with van der Waals surface area (Å²) in [4.78, 5) is 4.52. The van der Waals surface area contributed by atoms with Crippen LogP contribution in [0, 0.1) is 0 Å². The van der Waals surface area contributed by atoms with Gasteiger partial charge in [0.15, 0.2) is 0 Å². The van der Waals surface area contributed by atoms with Crippen LogP contribution in [0.3, 0.4) is 0 Å². The lowest BCUT2D eigenvalue weighted by Crippen LogP contribution is -1.98. The van der Waals surface area contributed by atoms with Crippen LogP contribution in [0.1, 0.15) is 31.3 Å². The largest absolute Gasteiger partial charge is 0.325 e. The first-order chi connectivity index (χ1) is 7.15. The minimum absolute atomic E-state index is 0.331. The number of imidazole rings is 1. The molecule has 2 aromatic rings. The Morgan fingerprint density at radius 1 is 1.47 bits per heavy atom. The summed E-state index contributed by atoms with van der Waals surface area (Å²) in [6.45, 7) is 4.63. The second kappa shape index (κ2) is 3.83. The van der Waals surface area contributed by atoms with Gasteiger partial charge in [0.25, 0.3) is 0 Å². The predicted molar refractivity (Wildman–Crippen MR) is 62.2 cm³/mol. The van der Waals surface area contributed by atoms with E-state index in [0.29, 0.717) is 17.6 Å². The molecule has 2 aromatic heterocycles. The zero-order valence-corrected chi connectivity index (χ0v) is 9.62. The number of halogens is 1. The minimum Gasteiger partial charge on any atom is -0.325 e. The molecule has 2 N–H and O–H groups in total. The van der Waals surface area contributed by atoms with Gasteiger partial charge >= 0.3 is 0 Å². The van der Waals surface area contributed by atoms with Crippen molar-refractivity contribution in [2.75, 3.05) is 0 Å². The first-order valence-corrected chi connectivity index (χ1v) is 5.38. The first kappa shape index (κ1) is 10.5. The van der Waals surface area contributed by atoms with Gasteiger partial charge in [-0.2, -0.15) is 0 Å². The standard InChI is InChI=1S/C11H14ClN3/c1-7(2)11-14-8(6-13)9-4-3-5-10(12)15(9)11/h3-5,7H,6,13H2,1-2H3. The molecule has 0 amide bonds. The van der Waals surface area contributed by atoms with E-state index >= 15 is 0 Å². The van der Waals surface area contributed by atoms with E-state index < -0.39 is 0 Å². The SMILES string of the molecule is CC(C)c1nc(CN)c2cccc(Cl)n12. The number of nitrogens with zero attached hydrogens (tertiary/aromatic N) is 2. The first-order valence-electron chi connectivity index (χ1n) is 5.01. The maximum absolute atomic E-state index is 6.16. The topological polar surface area (TPSA) is 43.3 Å². The van der Waals surface area contributed by atoms with Crippen molar-refractivity contribution in [1.82, 2.24) is 9.38 Å². The summed E-state index contributed by atoms with van der Waals surface area (Å²) in [6.07, 6.45) is 0. The molecule has 4 heteroatoms. The molecular formula is C11H14ClN3. The second-order valence-electron chi connectivity index (χ2n) is 3.84. The highest BCUT2D eigenvalue weighted by atomic mass is 35.5. The van der Waals surface area contributed by atoms with E-state index in [4.69, 9.17) is 17.3 Å². The molecule has 2 rings (SSSR count). The summed E-state index contributed by atoms with van der Waals surface area (Å²) >= 11 is 6.16. The molecule has 3 nitrogen and oxygen atoms in total. The van der Waals surface area contributed by atoms with Crippen LogP contribution in [0.4, 0.5) is 0 Å². The Kier molecular flexibility index (Phi) is 2.67. The van der Waals surface area contributed by atoms with Crippen LogP contribution in [0.25, 0.3) is 5.52 Å². The van der Waals surface area contributed by atoms with Crippen molar-refractivity contribution in [2.24, 2.45) is 5.73 Å². The lowest BCUT2D eigenvalue weighted by Gasteiger charge is -2.05. The van der Waals surface area contributed by atoms with Gasteiger partial charge in [0, 0.05) is 12.5 Å². The van der Waals surface area contributed by atoms with Crippen LogP contribution in [0.15, 0.2) is 18.2 Å². The zero-order valence-electron chi connectivity index (χ0n) is 8.87. The van der Waals surface area contributed by atoms with E-state index in [1.165, 1.54) is 0 Å². The average Bonchev–Trinajstić information content (AvgIpc) is 2.58. The third-order valence-corrected chi connectivity index (χ3v) is 2.72. The van der Waals surface area contributed by atoms with Gasteiger partial charge in [0.1, 0.15) is 11.0 Å². The number of rotatable bonds is 2. The Bertz CT molecular complexity index is 488. The molecule has 0 fully saturated rings. The van der Waals surface area contributed by atoms with Crippen LogP contribution in [0.2, 0.25) is 5.15 Å². The fraction of sp³-hybridized carbons (Fsp3) is 0.364. The Morgan fingerprint density at radius 2 is 2.20 bits per heavy atom. The molecular weight excluding hydrogens is 210 g/mol. The fourth-order valence-electron chi connectivity index (χ4n) is 1.72. The molecule has 0 radical (unpaired) electrons. The van der Waals surface area contributed by atoms with E-state index in [1.807, 2.05) is 22.6 Å². The molecule has 80 valence electrons. The summed E-state index contributed by atoms with van der Waals surface area (Å²) in [7, 11) is 0. The lowest BCUT2D eigenvalue weighted by atomic mass is 10.2. The lowest BCUT2D eigenvalue weighted by molar-refractivity contribution is 0.765. The number of fused-ring (bicyclic) bond motifs is 1. The monoisotopic (exact) mass is 223 g/mol. The van der Waals surface area contributed by atoms with Crippen LogP contribution in [-0.2, 0) is 6.54 Å². The van der Waals surface area contributed by atoms with Crippen LogP contribution < -0.4 is 5.73 Å². The van der Waals surface area contributed by atoms with Crippen molar-refractivity contribution >= 4 is 17.1 Å². The highest BCUT2D eigenvalue weighted by Crippen LogP contribution is 2.23. The van der Waals surface area contributed by atoms with Crippen molar-refractivity contribution < 1.29 is 0 Å². The Morgan fingerprint density at radius 3 is 2.80 bits per heavy atom. The molecule has 0 aromatic carbocycles. The summed E-state index contributed by atoms with van der Waals surface area (Å²) < 4.78 is 1.97. The van der Waals surface area contributed by atoms with E-state index in [9.17, 15) is 0 Å². The Labute approximate surface area is 93.9 Å². The molecule has 0 aliphatic rings. The van der Waals surface area contributed by atoms with Gasteiger partial charge in [-0.3, -0.25) is 4.40 Å². The number of pyridine rings is 1. The van der Waals surface area contributed by atoms with Gasteiger partial charge in [0.05, 0.1) is 11.2 Å². The fourth-order valence-corrected chi connectivity index (χ4v) is 1.97. The third-order valence-electron chi connectivity index (χ3n) is 2.43. The highest BCUT2D eigenvalue weighted by molar-refractivity contribution is 6.29. The maximum Gasteiger partial charge on any atom is 0.117 e. The third kappa shape index (κ3) is 1.62. The van der Waals surface area contributed by atoms with Gasteiger partial charge in [0.2, 0.25) is 0 Å². The molecule has 0 bridgehead atoms. The summed E-state index contributed by atoms with van der Waals surface area (Å²) in [5.74, 6) is 1.30. The molecule has 0 saturated heterocycles. The Hall–Kier alpha value is -1.06. The smallest absolute Gasteiger partial charge is 0.117 e. The van der Waals surface area contributed by atoms with Gasteiger partial charge in [-0.15, -0.1) is 0 Å². The highest BCUT2D eigenvalue weighted by Gasteiger charge is 2.14. The van der Waals surface area contributed by atoms with Gasteiger partial charge in [-0.25, -0.2) is 4.98 Å². The predicted octanol–water partition coefficient (Wildman–Crippen LogP) is 2.57. The van der Waals surface area contributed by atoms with Crippen molar-refractivity contribution in [3.05, 3.63) is 34.9 Å². The summed E-state index contributed by atoms with van der Waals surface area (Å²) in [6, 6.07) is 5.78. The second-order valence-corrected chi connectivity index (χ2v) is 4.23. The number of hydrogen-bond acceptors (Lipinski definition) is 2. The Balaban J connectivity index is 2.82. The van der Waals surface area contributed by atoms with E-state index in [-0.39, 0.29) is 0 Å². The van der Waals surface area contributed by atoms with Crippen molar-refractivity contribution in [2.45, 2.75) is 26.3 Å². The minimum atomic E-state index is 0.331. The van der Waals surface area contributed by atoms with Crippen LogP contribution >= 0.6 is 11.6 Å². The van der Waals surface area contributed by atoms with E-state index in [2.05, 4.69) is 18.8 Å². The molecule has 0 aliphatic heterocycles. The summed E-state index contributed by atoms with van der Waals surface area (Å²) in [5.41, 5.74) is 7.57. The molecule has 0 atom stereocenters. The quantitative estimate of drug-likeness (QED) is 0.796. The average molecular weight is 224 g/mol. The van der Waals surface area contributed by atoms with E-state index in [1.54, 1.807) is 0 Å². The maximum atomic E-state index is 6.16. The number of hydrogen-bond donors (Lipinski definition) is 1. The van der Waals surface area contributed by atoms with Gasteiger partial charge in [-0.05, 0) is 12.1 Å². The van der Waals surface area contributed by atoms with Crippen LogP contribution in [0.5, 0.6) is 0 Å². The molecule has 0 spiro atoms. The number of nitrogens with two attached hydrogens (primary N) is 1. The number of aromatic nitrogens is 2. The van der Waals surface area contributed by atoms with Crippen molar-refractivity contribution in [1.29, 1.82) is 0 Å². The van der Waals surface area contributed by atoms with Gasteiger partial charge < -0.3 is 5.73 Å². The molecule has 0 aliphatic carbocycles. The normalized spacial score (nSPS) is 11.5. The van der Waals surface area contributed by atoms with Gasteiger partial charge in [-0.1, -0.05) is 31.5 Å². The van der Waals surface area contributed by atoms with Crippen LogP contribution in [-0.4, -0.2) is 9.38 Å². The molecule has 15 heavy (non-hydrogen) atoms. The molecule has 0 unspecified atom stereocenters. The summed E-state index contributed by atoms with van der Waals surface area (Å²) in [5, 5.41) is 0.684. The van der Waals surface area contributed by atoms with Crippen molar-refractivity contribution in [3.63, 3.8) is 0 Å². The van der Waals surface area contributed by atoms with Crippen molar-refractivity contribution in [3.8, 4) is 0 Å². The molecule has 0 saturated carbocycles. The zero-order chi connectivity index (χ0) is 11.0. The van der Waals surface area contributed by atoms with E-state index in [0.717, 1.165) is 17.0 Å².